The first-order valence-electron chi connectivity index (χ1n) is 8.86. The Morgan fingerprint density at radius 2 is 1.67 bits per heavy atom. The molecule has 1 heterocycles. The predicted octanol–water partition coefficient (Wildman–Crippen LogP) is 3.81. The van der Waals surface area contributed by atoms with Crippen LogP contribution >= 0.6 is 24.0 Å². The largest absolute Gasteiger partial charge is 0.370 e. The molecule has 1 aromatic rings. The molecule has 1 aromatic carbocycles. The Morgan fingerprint density at radius 3 is 2.29 bits per heavy atom. The lowest BCUT2D eigenvalue weighted by atomic mass is 10.1. The van der Waals surface area contributed by atoms with Crippen molar-refractivity contribution in [1.82, 2.24) is 5.32 Å². The summed E-state index contributed by atoms with van der Waals surface area (Å²) in [5.74, 6) is 0.588. The van der Waals surface area contributed by atoms with Crippen molar-refractivity contribution in [2.45, 2.75) is 51.1 Å². The molecule has 1 aliphatic heterocycles. The standard InChI is InChI=1S/C19H28N4.HI/c20-19(22-17-7-3-1-2-4-8-17)21-15-16-9-11-18(12-10-16)23-13-5-6-14-23;/h5-6,9-12,17H,1-4,7-8,13-15H2,(H3,20,21,22);1H. The lowest BCUT2D eigenvalue weighted by Gasteiger charge is -2.18. The van der Waals surface area contributed by atoms with Gasteiger partial charge in [-0.2, -0.15) is 0 Å². The molecule has 1 aliphatic carbocycles. The van der Waals surface area contributed by atoms with Gasteiger partial charge in [-0.3, -0.25) is 0 Å². The zero-order valence-electron chi connectivity index (χ0n) is 14.3. The van der Waals surface area contributed by atoms with Crippen LogP contribution in [0.5, 0.6) is 0 Å². The second-order valence-corrected chi connectivity index (χ2v) is 6.58. The predicted molar refractivity (Wildman–Crippen MR) is 113 cm³/mol. The van der Waals surface area contributed by atoms with Crippen LogP contribution in [0.1, 0.15) is 44.1 Å². The van der Waals surface area contributed by atoms with E-state index < -0.39 is 0 Å². The van der Waals surface area contributed by atoms with Crippen LogP contribution in [-0.2, 0) is 6.54 Å². The maximum absolute atomic E-state index is 6.06. The van der Waals surface area contributed by atoms with Gasteiger partial charge in [-0.25, -0.2) is 4.99 Å². The molecule has 0 bridgehead atoms. The Morgan fingerprint density at radius 1 is 1.04 bits per heavy atom. The Labute approximate surface area is 162 Å². The number of anilines is 1. The fourth-order valence-electron chi connectivity index (χ4n) is 3.36. The summed E-state index contributed by atoms with van der Waals surface area (Å²) in [6.45, 7) is 2.66. The zero-order chi connectivity index (χ0) is 15.9. The quantitative estimate of drug-likeness (QED) is 0.246. The summed E-state index contributed by atoms with van der Waals surface area (Å²) in [6.07, 6.45) is 12.2. The lowest BCUT2D eigenvalue weighted by Crippen LogP contribution is -2.39. The fourth-order valence-corrected chi connectivity index (χ4v) is 3.36. The van der Waals surface area contributed by atoms with E-state index in [0.29, 0.717) is 18.5 Å². The van der Waals surface area contributed by atoms with Gasteiger partial charge in [-0.15, -0.1) is 24.0 Å². The first-order chi connectivity index (χ1) is 11.3. The first-order valence-corrected chi connectivity index (χ1v) is 8.86. The molecule has 0 radical (unpaired) electrons. The number of hydrogen-bond acceptors (Lipinski definition) is 2. The highest BCUT2D eigenvalue weighted by molar-refractivity contribution is 14.0. The second-order valence-electron chi connectivity index (χ2n) is 6.58. The fraction of sp³-hybridized carbons (Fsp3) is 0.526. The summed E-state index contributed by atoms with van der Waals surface area (Å²) in [5, 5.41) is 3.40. The number of rotatable bonds is 4. The third kappa shape index (κ3) is 5.69. The third-order valence-corrected chi connectivity index (χ3v) is 4.76. The van der Waals surface area contributed by atoms with Crippen LogP contribution < -0.4 is 16.0 Å². The molecule has 1 fully saturated rings. The molecule has 0 unspecified atom stereocenters. The summed E-state index contributed by atoms with van der Waals surface area (Å²) in [6, 6.07) is 9.15. The molecule has 0 spiro atoms. The Hall–Kier alpha value is -1.24. The van der Waals surface area contributed by atoms with Gasteiger partial charge in [-0.1, -0.05) is 50.0 Å². The number of nitrogens with zero attached hydrogens (tertiary/aromatic N) is 2. The number of nitrogens with two attached hydrogens (primary N) is 1. The number of halogens is 1. The molecular formula is C19H29IN4. The SMILES string of the molecule is I.NC(=NCc1ccc(N2CC=CC2)cc1)NC1CCCCCC1. The van der Waals surface area contributed by atoms with E-state index in [1.807, 2.05) is 0 Å². The molecule has 5 heteroatoms. The van der Waals surface area contributed by atoms with Crippen LogP contribution in [0.4, 0.5) is 5.69 Å². The minimum Gasteiger partial charge on any atom is -0.370 e. The van der Waals surface area contributed by atoms with Crippen molar-refractivity contribution in [2.75, 3.05) is 18.0 Å². The number of benzene rings is 1. The first kappa shape index (κ1) is 19.1. The highest BCUT2D eigenvalue weighted by Gasteiger charge is 2.12. The molecule has 0 aromatic heterocycles. The molecule has 24 heavy (non-hydrogen) atoms. The molecular weight excluding hydrogens is 411 g/mol. The van der Waals surface area contributed by atoms with Crippen molar-refractivity contribution < 1.29 is 0 Å². The second kappa shape index (κ2) is 9.91. The lowest BCUT2D eigenvalue weighted by molar-refractivity contribution is 0.530. The Bertz CT molecular complexity index is 537. The Kier molecular flexibility index (Phi) is 7.88. The van der Waals surface area contributed by atoms with Gasteiger partial charge in [0, 0.05) is 24.8 Å². The third-order valence-electron chi connectivity index (χ3n) is 4.76. The smallest absolute Gasteiger partial charge is 0.189 e. The zero-order valence-corrected chi connectivity index (χ0v) is 16.6. The van der Waals surface area contributed by atoms with Crippen molar-refractivity contribution in [1.29, 1.82) is 0 Å². The number of guanidine groups is 1. The highest BCUT2D eigenvalue weighted by Crippen LogP contribution is 2.18. The summed E-state index contributed by atoms with van der Waals surface area (Å²) < 4.78 is 0. The van der Waals surface area contributed by atoms with Crippen molar-refractivity contribution >= 4 is 35.6 Å². The maximum Gasteiger partial charge on any atom is 0.189 e. The van der Waals surface area contributed by atoms with Gasteiger partial charge >= 0.3 is 0 Å². The van der Waals surface area contributed by atoms with E-state index in [0.717, 1.165) is 13.1 Å². The van der Waals surface area contributed by atoms with Crippen LogP contribution in [0.15, 0.2) is 41.4 Å². The van der Waals surface area contributed by atoms with Gasteiger partial charge in [0.25, 0.3) is 0 Å². The van der Waals surface area contributed by atoms with Crippen LogP contribution in [0.2, 0.25) is 0 Å². The van der Waals surface area contributed by atoms with Gasteiger partial charge in [0.15, 0.2) is 5.96 Å². The average Bonchev–Trinajstić information content (AvgIpc) is 2.99. The minimum atomic E-state index is 0. The molecule has 3 N–H and O–H groups in total. The van der Waals surface area contributed by atoms with Gasteiger partial charge in [0.1, 0.15) is 0 Å². The molecule has 2 aliphatic rings. The number of hydrogen-bond donors (Lipinski definition) is 2. The summed E-state index contributed by atoms with van der Waals surface area (Å²) >= 11 is 0. The van der Waals surface area contributed by atoms with E-state index in [1.165, 1.54) is 49.8 Å². The average molecular weight is 440 g/mol. The van der Waals surface area contributed by atoms with Crippen LogP contribution in [-0.4, -0.2) is 25.1 Å². The molecule has 1 saturated carbocycles. The summed E-state index contributed by atoms with van der Waals surface area (Å²) in [4.78, 5) is 6.85. The summed E-state index contributed by atoms with van der Waals surface area (Å²) in [5.41, 5.74) is 8.53. The minimum absolute atomic E-state index is 0. The maximum atomic E-state index is 6.06. The molecule has 132 valence electrons. The van der Waals surface area contributed by atoms with Crippen LogP contribution in [0.3, 0.4) is 0 Å². The van der Waals surface area contributed by atoms with E-state index in [-0.39, 0.29) is 24.0 Å². The van der Waals surface area contributed by atoms with Gasteiger partial charge in [0.2, 0.25) is 0 Å². The number of nitrogens with one attached hydrogen (secondary N) is 1. The van der Waals surface area contributed by atoms with E-state index in [9.17, 15) is 0 Å². The molecule has 0 saturated heterocycles. The topological polar surface area (TPSA) is 53.6 Å². The monoisotopic (exact) mass is 440 g/mol. The molecule has 0 amide bonds. The molecule has 4 nitrogen and oxygen atoms in total. The van der Waals surface area contributed by atoms with E-state index >= 15 is 0 Å². The Balaban J connectivity index is 0.00000208. The summed E-state index contributed by atoms with van der Waals surface area (Å²) in [7, 11) is 0. The van der Waals surface area contributed by atoms with E-state index in [1.54, 1.807) is 0 Å². The van der Waals surface area contributed by atoms with Crippen LogP contribution in [0.25, 0.3) is 0 Å². The van der Waals surface area contributed by atoms with Crippen molar-refractivity contribution in [3.8, 4) is 0 Å². The van der Waals surface area contributed by atoms with Gasteiger partial charge < -0.3 is 16.0 Å². The number of aliphatic imine (C=N–C) groups is 1. The molecule has 0 atom stereocenters. The van der Waals surface area contributed by atoms with Gasteiger partial charge in [0.05, 0.1) is 6.54 Å². The van der Waals surface area contributed by atoms with Crippen molar-refractivity contribution in [3.05, 3.63) is 42.0 Å². The van der Waals surface area contributed by atoms with E-state index in [4.69, 9.17) is 5.73 Å². The van der Waals surface area contributed by atoms with Crippen molar-refractivity contribution in [2.24, 2.45) is 10.7 Å². The highest BCUT2D eigenvalue weighted by atomic mass is 127. The van der Waals surface area contributed by atoms with Gasteiger partial charge in [-0.05, 0) is 30.5 Å². The van der Waals surface area contributed by atoms with E-state index in [2.05, 4.69) is 51.6 Å². The molecule has 3 rings (SSSR count). The van der Waals surface area contributed by atoms with Crippen LogP contribution in [0, 0.1) is 0 Å². The van der Waals surface area contributed by atoms with Crippen molar-refractivity contribution in [3.63, 3.8) is 0 Å². The normalized spacial score (nSPS) is 19.0.